The van der Waals surface area contributed by atoms with Crippen molar-refractivity contribution in [1.82, 2.24) is 10.2 Å². The van der Waals surface area contributed by atoms with Crippen LogP contribution in [0.15, 0.2) is 94.6 Å². The molecule has 2 amide bonds. The van der Waals surface area contributed by atoms with Crippen LogP contribution in [0, 0.1) is 0 Å². The number of carbonyl (C=O) groups is 3. The summed E-state index contributed by atoms with van der Waals surface area (Å²) < 4.78 is 6.07. The number of hydrogen-bond acceptors (Lipinski definition) is 8. The predicted molar refractivity (Wildman–Crippen MR) is 146 cm³/mol. The summed E-state index contributed by atoms with van der Waals surface area (Å²) in [5.74, 6) is -0.862. The third-order valence-electron chi connectivity index (χ3n) is 6.17. The van der Waals surface area contributed by atoms with E-state index in [0.717, 1.165) is 16.0 Å². The summed E-state index contributed by atoms with van der Waals surface area (Å²) in [6, 6.07) is 21.9. The molecule has 38 heavy (non-hydrogen) atoms. The Hall–Kier alpha value is -3.89. The van der Waals surface area contributed by atoms with E-state index < -0.39 is 23.5 Å². The summed E-state index contributed by atoms with van der Waals surface area (Å²) in [7, 11) is 1.41. The molecular weight excluding hydrogens is 522 g/mol. The summed E-state index contributed by atoms with van der Waals surface area (Å²) >= 11 is 2.93. The number of rotatable bonds is 9. The molecule has 3 aromatic rings. The molecule has 1 unspecified atom stereocenters. The monoisotopic (exact) mass is 547 g/mol. The minimum Gasteiger partial charge on any atom is -0.448 e. The SMILES string of the molecule is CON=CC1=C(C(=O)OC(c2ccccc2)c2ccccc2)N2C(=O)C(NC(=O)Cc3cccs3)[C@H]2SC1. The van der Waals surface area contributed by atoms with E-state index in [9.17, 15) is 14.4 Å². The van der Waals surface area contributed by atoms with Gasteiger partial charge in [-0.05, 0) is 22.6 Å². The highest BCUT2D eigenvalue weighted by molar-refractivity contribution is 8.00. The Morgan fingerprint density at radius 2 is 1.76 bits per heavy atom. The molecular formula is C28H25N3O5S2. The van der Waals surface area contributed by atoms with E-state index >= 15 is 0 Å². The van der Waals surface area contributed by atoms with Gasteiger partial charge in [0, 0.05) is 16.2 Å². The van der Waals surface area contributed by atoms with Gasteiger partial charge < -0.3 is 14.9 Å². The lowest BCUT2D eigenvalue weighted by Gasteiger charge is -2.49. The third kappa shape index (κ3) is 5.36. The molecule has 2 aliphatic heterocycles. The molecule has 3 heterocycles. The molecule has 0 bridgehead atoms. The van der Waals surface area contributed by atoms with Crippen LogP contribution >= 0.6 is 23.1 Å². The van der Waals surface area contributed by atoms with E-state index in [2.05, 4.69) is 10.5 Å². The number of amides is 2. The maximum absolute atomic E-state index is 13.7. The largest absolute Gasteiger partial charge is 0.448 e. The van der Waals surface area contributed by atoms with Crippen molar-refractivity contribution in [3.8, 4) is 0 Å². The second-order valence-corrected chi connectivity index (χ2v) is 10.7. The molecule has 2 aromatic carbocycles. The maximum atomic E-state index is 13.7. The fourth-order valence-electron chi connectivity index (χ4n) is 4.39. The van der Waals surface area contributed by atoms with Crippen LogP contribution in [-0.4, -0.2) is 53.2 Å². The predicted octanol–water partition coefficient (Wildman–Crippen LogP) is 3.91. The lowest BCUT2D eigenvalue weighted by Crippen LogP contribution is -2.70. The number of fused-ring (bicyclic) bond motifs is 1. The number of β-lactam (4-membered cyclic amide) rings is 1. The molecule has 0 radical (unpaired) electrons. The lowest BCUT2D eigenvalue weighted by molar-refractivity contribution is -0.154. The van der Waals surface area contributed by atoms with Crippen LogP contribution in [0.1, 0.15) is 22.1 Å². The molecule has 194 valence electrons. The topological polar surface area (TPSA) is 97.3 Å². The van der Waals surface area contributed by atoms with Crippen molar-refractivity contribution in [3.05, 3.63) is 105 Å². The van der Waals surface area contributed by atoms with Gasteiger partial charge >= 0.3 is 5.97 Å². The van der Waals surface area contributed by atoms with Crippen LogP contribution in [-0.2, 0) is 30.4 Å². The lowest BCUT2D eigenvalue weighted by atomic mass is 10.0. The van der Waals surface area contributed by atoms with Crippen molar-refractivity contribution in [2.24, 2.45) is 5.16 Å². The van der Waals surface area contributed by atoms with Gasteiger partial charge in [0.25, 0.3) is 5.91 Å². The molecule has 1 N–H and O–H groups in total. The van der Waals surface area contributed by atoms with E-state index in [0.29, 0.717) is 11.3 Å². The summed E-state index contributed by atoms with van der Waals surface area (Å²) in [4.78, 5) is 46.7. The number of thiophene rings is 1. The van der Waals surface area contributed by atoms with Crippen LogP contribution in [0.2, 0.25) is 0 Å². The smallest absolute Gasteiger partial charge is 0.356 e. The van der Waals surface area contributed by atoms with Crippen molar-refractivity contribution in [2.45, 2.75) is 23.9 Å². The Balaban J connectivity index is 1.40. The second kappa shape index (κ2) is 11.7. The highest BCUT2D eigenvalue weighted by Crippen LogP contribution is 2.41. The van der Waals surface area contributed by atoms with Crippen molar-refractivity contribution in [1.29, 1.82) is 0 Å². The molecule has 5 rings (SSSR count). The first-order valence-corrected chi connectivity index (χ1v) is 13.9. The van der Waals surface area contributed by atoms with Crippen molar-refractivity contribution in [3.63, 3.8) is 0 Å². The normalized spacial score (nSPS) is 18.8. The highest BCUT2D eigenvalue weighted by Gasteiger charge is 2.54. The summed E-state index contributed by atoms with van der Waals surface area (Å²) in [6.45, 7) is 0. The molecule has 1 aromatic heterocycles. The molecule has 0 saturated carbocycles. The van der Waals surface area contributed by atoms with E-state index in [-0.39, 0.29) is 23.9 Å². The van der Waals surface area contributed by atoms with Gasteiger partial charge in [-0.3, -0.25) is 14.5 Å². The molecule has 0 spiro atoms. The Morgan fingerprint density at radius 1 is 1.08 bits per heavy atom. The van der Waals surface area contributed by atoms with Crippen LogP contribution < -0.4 is 5.32 Å². The average molecular weight is 548 g/mol. The number of nitrogens with zero attached hydrogens (tertiary/aromatic N) is 2. The zero-order valence-corrected chi connectivity index (χ0v) is 22.1. The van der Waals surface area contributed by atoms with Crippen LogP contribution in [0.25, 0.3) is 0 Å². The molecule has 2 atom stereocenters. The number of benzene rings is 2. The van der Waals surface area contributed by atoms with Crippen LogP contribution in [0.5, 0.6) is 0 Å². The second-order valence-electron chi connectivity index (χ2n) is 8.61. The van der Waals surface area contributed by atoms with Crippen LogP contribution in [0.3, 0.4) is 0 Å². The Bertz CT molecular complexity index is 1320. The molecule has 1 saturated heterocycles. The zero-order chi connectivity index (χ0) is 26.5. The number of thioether (sulfide) groups is 1. The fourth-order valence-corrected chi connectivity index (χ4v) is 6.39. The van der Waals surface area contributed by atoms with Gasteiger partial charge in [-0.15, -0.1) is 23.1 Å². The van der Waals surface area contributed by atoms with Gasteiger partial charge in [-0.1, -0.05) is 71.9 Å². The van der Waals surface area contributed by atoms with Crippen LogP contribution in [0.4, 0.5) is 0 Å². The van der Waals surface area contributed by atoms with E-state index in [1.54, 1.807) is 0 Å². The van der Waals surface area contributed by atoms with E-state index in [1.165, 1.54) is 41.3 Å². The molecule has 10 heteroatoms. The molecule has 2 aliphatic rings. The molecule has 8 nitrogen and oxygen atoms in total. The van der Waals surface area contributed by atoms with Crippen molar-refractivity contribution in [2.75, 3.05) is 12.9 Å². The quantitative estimate of drug-likeness (QED) is 0.189. The third-order valence-corrected chi connectivity index (χ3v) is 8.34. The first-order chi connectivity index (χ1) is 18.6. The number of nitrogens with one attached hydrogen (secondary N) is 1. The minimum atomic E-state index is -0.727. The number of oxime groups is 1. The Morgan fingerprint density at radius 3 is 2.37 bits per heavy atom. The first-order valence-electron chi connectivity index (χ1n) is 11.9. The van der Waals surface area contributed by atoms with Gasteiger partial charge in [0.05, 0.1) is 12.6 Å². The number of hydrogen-bond donors (Lipinski definition) is 1. The standard InChI is InChI=1S/C28H25N3O5S2/c1-35-29-16-20-17-38-27-23(30-22(32)15-21-13-8-14-37-21)26(33)31(27)24(20)28(34)36-25(18-9-4-2-5-10-18)19-11-6-3-7-12-19/h2-14,16,23,25,27H,15,17H2,1H3,(H,30,32)/t23?,27-/m1/s1. The van der Waals surface area contributed by atoms with Gasteiger partial charge in [-0.25, -0.2) is 4.79 Å². The minimum absolute atomic E-state index is 0.111. The first kappa shape index (κ1) is 25.7. The van der Waals surface area contributed by atoms with Crippen molar-refractivity contribution < 1.29 is 24.0 Å². The van der Waals surface area contributed by atoms with Gasteiger partial charge in [0.2, 0.25) is 5.91 Å². The van der Waals surface area contributed by atoms with Gasteiger partial charge in [-0.2, -0.15) is 0 Å². The Kier molecular flexibility index (Phi) is 7.90. The molecule has 0 aliphatic carbocycles. The zero-order valence-electron chi connectivity index (χ0n) is 20.5. The highest BCUT2D eigenvalue weighted by atomic mass is 32.2. The van der Waals surface area contributed by atoms with Gasteiger partial charge in [0.1, 0.15) is 24.2 Å². The van der Waals surface area contributed by atoms with Crippen molar-refractivity contribution >= 4 is 47.1 Å². The van der Waals surface area contributed by atoms with Gasteiger partial charge in [0.15, 0.2) is 6.10 Å². The van der Waals surface area contributed by atoms with E-state index in [1.807, 2.05) is 78.2 Å². The summed E-state index contributed by atoms with van der Waals surface area (Å²) in [5.41, 5.74) is 2.22. The average Bonchev–Trinajstić information content (AvgIpc) is 3.46. The van der Waals surface area contributed by atoms with E-state index in [4.69, 9.17) is 9.57 Å². The Labute approximate surface area is 228 Å². The maximum Gasteiger partial charge on any atom is 0.356 e. The number of ether oxygens (including phenoxy) is 1. The molecule has 1 fully saturated rings. The fraction of sp³-hybridized carbons (Fsp3) is 0.214. The number of carbonyl (C=O) groups excluding carboxylic acids is 3. The number of esters is 1. The summed E-state index contributed by atoms with van der Waals surface area (Å²) in [5, 5.41) is 8.14. The summed E-state index contributed by atoms with van der Waals surface area (Å²) in [6.07, 6.45) is 0.949.